The summed E-state index contributed by atoms with van der Waals surface area (Å²) in [5, 5.41) is 0. The van der Waals surface area contributed by atoms with Crippen LogP contribution in [-0.4, -0.2) is 17.9 Å². The molecule has 1 saturated carbocycles. The predicted molar refractivity (Wildman–Crippen MR) is 80.3 cm³/mol. The van der Waals surface area contributed by atoms with E-state index in [2.05, 4.69) is 20.8 Å². The molecule has 0 unspecified atom stereocenters. The molecule has 0 heterocycles. The van der Waals surface area contributed by atoms with E-state index in [4.69, 9.17) is 4.74 Å². The molecular formula is C17H30O3. The van der Waals surface area contributed by atoms with Crippen LogP contribution in [0.3, 0.4) is 0 Å². The molecule has 0 bridgehead atoms. The monoisotopic (exact) mass is 282 g/mol. The summed E-state index contributed by atoms with van der Waals surface area (Å²) < 4.78 is 5.09. The Hall–Kier alpha value is -0.860. The second-order valence-electron chi connectivity index (χ2n) is 6.94. The first kappa shape index (κ1) is 17.2. The van der Waals surface area contributed by atoms with Crippen molar-refractivity contribution in [1.82, 2.24) is 0 Å². The summed E-state index contributed by atoms with van der Waals surface area (Å²) in [5.74, 6) is 1.81. The molecule has 0 aromatic rings. The molecule has 0 radical (unpaired) electrons. The molecule has 3 heteroatoms. The van der Waals surface area contributed by atoms with Crippen molar-refractivity contribution in [3.05, 3.63) is 0 Å². The quantitative estimate of drug-likeness (QED) is 0.692. The van der Waals surface area contributed by atoms with Crippen LogP contribution in [0.15, 0.2) is 0 Å². The van der Waals surface area contributed by atoms with Gasteiger partial charge in [0.2, 0.25) is 0 Å². The third-order valence-electron chi connectivity index (χ3n) is 4.38. The first-order chi connectivity index (χ1) is 9.31. The molecule has 1 fully saturated rings. The lowest BCUT2D eigenvalue weighted by Gasteiger charge is -2.36. The van der Waals surface area contributed by atoms with E-state index in [-0.39, 0.29) is 30.2 Å². The molecule has 0 aromatic carbocycles. The van der Waals surface area contributed by atoms with Gasteiger partial charge in [0.05, 0.1) is 12.5 Å². The zero-order valence-corrected chi connectivity index (χ0v) is 13.6. The molecule has 20 heavy (non-hydrogen) atoms. The SMILES string of the molecule is CC(C)OC(=O)CCC(=O)[C@@H]1C[C@H](C)CC[C@H]1C(C)C. The second kappa shape index (κ2) is 7.80. The third kappa shape index (κ3) is 5.26. The lowest BCUT2D eigenvalue weighted by atomic mass is 9.68. The fraction of sp³-hybridized carbons (Fsp3) is 0.882. The molecular weight excluding hydrogens is 252 g/mol. The maximum Gasteiger partial charge on any atom is 0.306 e. The van der Waals surface area contributed by atoms with Gasteiger partial charge in [-0.05, 0) is 44.4 Å². The van der Waals surface area contributed by atoms with Gasteiger partial charge < -0.3 is 4.74 Å². The molecule has 116 valence electrons. The maximum atomic E-state index is 12.4. The molecule has 0 saturated heterocycles. The maximum absolute atomic E-state index is 12.4. The van der Waals surface area contributed by atoms with Crippen molar-refractivity contribution in [2.75, 3.05) is 0 Å². The fourth-order valence-corrected chi connectivity index (χ4v) is 3.30. The largest absolute Gasteiger partial charge is 0.463 e. The molecule has 0 amide bonds. The van der Waals surface area contributed by atoms with Crippen molar-refractivity contribution >= 4 is 11.8 Å². The van der Waals surface area contributed by atoms with Crippen LogP contribution in [0.4, 0.5) is 0 Å². The lowest BCUT2D eigenvalue weighted by Crippen LogP contribution is -2.33. The molecule has 1 aliphatic rings. The van der Waals surface area contributed by atoms with Crippen molar-refractivity contribution < 1.29 is 14.3 Å². The van der Waals surface area contributed by atoms with E-state index in [9.17, 15) is 9.59 Å². The van der Waals surface area contributed by atoms with Gasteiger partial charge in [-0.3, -0.25) is 9.59 Å². The molecule has 0 N–H and O–H groups in total. The van der Waals surface area contributed by atoms with Gasteiger partial charge in [-0.2, -0.15) is 0 Å². The number of rotatable bonds is 6. The van der Waals surface area contributed by atoms with Crippen molar-refractivity contribution in [3.63, 3.8) is 0 Å². The summed E-state index contributed by atoms with van der Waals surface area (Å²) in [6, 6.07) is 0. The van der Waals surface area contributed by atoms with Gasteiger partial charge in [0.25, 0.3) is 0 Å². The Morgan fingerprint density at radius 2 is 1.75 bits per heavy atom. The summed E-state index contributed by atoms with van der Waals surface area (Å²) in [4.78, 5) is 24.0. The Kier molecular flexibility index (Phi) is 6.70. The smallest absolute Gasteiger partial charge is 0.306 e. The number of carbonyl (C=O) groups is 2. The highest BCUT2D eigenvalue weighted by Crippen LogP contribution is 2.39. The van der Waals surface area contributed by atoms with E-state index in [1.807, 2.05) is 13.8 Å². The van der Waals surface area contributed by atoms with Crippen LogP contribution in [0.1, 0.15) is 66.7 Å². The van der Waals surface area contributed by atoms with E-state index in [1.54, 1.807) is 0 Å². The van der Waals surface area contributed by atoms with Crippen molar-refractivity contribution in [2.24, 2.45) is 23.7 Å². The van der Waals surface area contributed by atoms with Crippen LogP contribution >= 0.6 is 0 Å². The number of esters is 1. The highest BCUT2D eigenvalue weighted by Gasteiger charge is 2.35. The highest BCUT2D eigenvalue weighted by atomic mass is 16.5. The Bertz CT molecular complexity index is 333. The summed E-state index contributed by atoms with van der Waals surface area (Å²) in [6.45, 7) is 10.3. The molecule has 0 aliphatic heterocycles. The second-order valence-corrected chi connectivity index (χ2v) is 6.94. The van der Waals surface area contributed by atoms with Crippen LogP contribution in [0, 0.1) is 23.7 Å². The minimum Gasteiger partial charge on any atom is -0.463 e. The molecule has 0 aromatic heterocycles. The number of carbonyl (C=O) groups excluding carboxylic acids is 2. The number of ether oxygens (including phenoxy) is 1. The Labute approximate surface area is 123 Å². The average molecular weight is 282 g/mol. The van der Waals surface area contributed by atoms with Crippen LogP contribution in [0.5, 0.6) is 0 Å². The Morgan fingerprint density at radius 3 is 2.30 bits per heavy atom. The number of hydrogen-bond donors (Lipinski definition) is 0. The van der Waals surface area contributed by atoms with Crippen LogP contribution in [0.25, 0.3) is 0 Å². The highest BCUT2D eigenvalue weighted by molar-refractivity contribution is 5.85. The molecule has 0 spiro atoms. The number of hydrogen-bond acceptors (Lipinski definition) is 3. The standard InChI is InChI=1S/C17H30O3/c1-11(2)14-7-6-13(5)10-15(14)16(18)8-9-17(19)20-12(3)4/h11-15H,6-10H2,1-5H3/t13-,14+,15-/m1/s1. The van der Waals surface area contributed by atoms with Crippen LogP contribution < -0.4 is 0 Å². The van der Waals surface area contributed by atoms with Crippen LogP contribution in [0.2, 0.25) is 0 Å². The number of ketones is 1. The zero-order chi connectivity index (χ0) is 15.3. The van der Waals surface area contributed by atoms with Gasteiger partial charge in [-0.1, -0.05) is 27.2 Å². The normalized spacial score (nSPS) is 26.9. The van der Waals surface area contributed by atoms with E-state index < -0.39 is 0 Å². The third-order valence-corrected chi connectivity index (χ3v) is 4.38. The Morgan fingerprint density at radius 1 is 1.10 bits per heavy atom. The van der Waals surface area contributed by atoms with E-state index >= 15 is 0 Å². The van der Waals surface area contributed by atoms with Gasteiger partial charge >= 0.3 is 5.97 Å². The van der Waals surface area contributed by atoms with Gasteiger partial charge in [0.15, 0.2) is 0 Å². The van der Waals surface area contributed by atoms with Gasteiger partial charge in [0.1, 0.15) is 5.78 Å². The average Bonchev–Trinajstić information content (AvgIpc) is 2.34. The van der Waals surface area contributed by atoms with E-state index in [0.29, 0.717) is 24.2 Å². The topological polar surface area (TPSA) is 43.4 Å². The summed E-state index contributed by atoms with van der Waals surface area (Å²) in [5.41, 5.74) is 0. The first-order valence-corrected chi connectivity index (χ1v) is 8.03. The summed E-state index contributed by atoms with van der Waals surface area (Å²) in [6.07, 6.45) is 3.82. The first-order valence-electron chi connectivity index (χ1n) is 8.03. The Balaban J connectivity index is 2.52. The number of Topliss-reactive ketones (excluding diaryl/α,β-unsaturated/α-hetero) is 1. The predicted octanol–water partition coefficient (Wildman–Crippen LogP) is 4.00. The van der Waals surface area contributed by atoms with E-state index in [1.165, 1.54) is 6.42 Å². The lowest BCUT2D eigenvalue weighted by molar-refractivity contribution is -0.149. The van der Waals surface area contributed by atoms with Gasteiger partial charge in [-0.15, -0.1) is 0 Å². The summed E-state index contributed by atoms with van der Waals surface area (Å²) in [7, 11) is 0. The van der Waals surface area contributed by atoms with Crippen molar-refractivity contribution in [2.45, 2.75) is 72.8 Å². The van der Waals surface area contributed by atoms with Crippen molar-refractivity contribution in [3.8, 4) is 0 Å². The van der Waals surface area contributed by atoms with Gasteiger partial charge in [0, 0.05) is 12.3 Å². The van der Waals surface area contributed by atoms with E-state index in [0.717, 1.165) is 12.8 Å². The molecule has 3 nitrogen and oxygen atoms in total. The molecule has 1 rings (SSSR count). The molecule has 1 aliphatic carbocycles. The minimum atomic E-state index is -0.252. The minimum absolute atomic E-state index is 0.101. The molecule has 3 atom stereocenters. The van der Waals surface area contributed by atoms with Crippen molar-refractivity contribution in [1.29, 1.82) is 0 Å². The fourth-order valence-electron chi connectivity index (χ4n) is 3.30. The summed E-state index contributed by atoms with van der Waals surface area (Å²) >= 11 is 0. The zero-order valence-electron chi connectivity index (χ0n) is 13.6. The van der Waals surface area contributed by atoms with Crippen LogP contribution in [-0.2, 0) is 14.3 Å². The van der Waals surface area contributed by atoms with Gasteiger partial charge in [-0.25, -0.2) is 0 Å².